The molecule has 0 radical (unpaired) electrons. The third-order valence-electron chi connectivity index (χ3n) is 3.24. The molecule has 2 heterocycles. The SMILES string of the molecule is CC1CN(C(=O)c2ncccc2Br)CC1C. The summed E-state index contributed by atoms with van der Waals surface area (Å²) in [6.07, 6.45) is 1.65. The van der Waals surface area contributed by atoms with Crippen molar-refractivity contribution < 1.29 is 4.79 Å². The van der Waals surface area contributed by atoms with Gasteiger partial charge in [-0.3, -0.25) is 4.79 Å². The number of aromatic nitrogens is 1. The largest absolute Gasteiger partial charge is 0.337 e. The van der Waals surface area contributed by atoms with Crippen LogP contribution in [0.2, 0.25) is 0 Å². The summed E-state index contributed by atoms with van der Waals surface area (Å²) in [7, 11) is 0. The standard InChI is InChI=1S/C12H15BrN2O/c1-8-6-15(7-9(8)2)12(16)11-10(13)4-3-5-14-11/h3-5,8-9H,6-7H2,1-2H3. The maximum absolute atomic E-state index is 12.2. The topological polar surface area (TPSA) is 33.2 Å². The van der Waals surface area contributed by atoms with Crippen molar-refractivity contribution in [2.75, 3.05) is 13.1 Å². The highest BCUT2D eigenvalue weighted by molar-refractivity contribution is 9.10. The van der Waals surface area contributed by atoms with Crippen molar-refractivity contribution in [1.82, 2.24) is 9.88 Å². The van der Waals surface area contributed by atoms with E-state index in [2.05, 4.69) is 34.8 Å². The first kappa shape index (κ1) is 11.6. The predicted octanol–water partition coefficient (Wildman–Crippen LogP) is 2.57. The van der Waals surface area contributed by atoms with Gasteiger partial charge in [0.15, 0.2) is 0 Å². The van der Waals surface area contributed by atoms with E-state index in [0.29, 0.717) is 17.5 Å². The second-order valence-electron chi connectivity index (χ2n) is 4.50. The second-order valence-corrected chi connectivity index (χ2v) is 5.35. The van der Waals surface area contributed by atoms with Crippen molar-refractivity contribution in [2.45, 2.75) is 13.8 Å². The van der Waals surface area contributed by atoms with E-state index in [1.807, 2.05) is 17.0 Å². The lowest BCUT2D eigenvalue weighted by Gasteiger charge is -2.15. The molecule has 1 aliphatic rings. The summed E-state index contributed by atoms with van der Waals surface area (Å²) in [6, 6.07) is 3.67. The molecule has 2 unspecified atom stereocenters. The Bertz CT molecular complexity index is 398. The predicted molar refractivity (Wildman–Crippen MR) is 66.2 cm³/mol. The highest BCUT2D eigenvalue weighted by Crippen LogP contribution is 2.25. The third-order valence-corrected chi connectivity index (χ3v) is 3.88. The zero-order valence-electron chi connectivity index (χ0n) is 9.48. The highest BCUT2D eigenvalue weighted by atomic mass is 79.9. The fourth-order valence-electron chi connectivity index (χ4n) is 1.99. The summed E-state index contributed by atoms with van der Waals surface area (Å²) < 4.78 is 0.771. The normalized spacial score (nSPS) is 24.8. The molecule has 86 valence electrons. The van der Waals surface area contributed by atoms with Gasteiger partial charge in [0.05, 0.1) is 0 Å². The smallest absolute Gasteiger partial charge is 0.273 e. The minimum Gasteiger partial charge on any atom is -0.337 e. The van der Waals surface area contributed by atoms with E-state index in [1.165, 1.54) is 0 Å². The van der Waals surface area contributed by atoms with Crippen LogP contribution in [0.15, 0.2) is 22.8 Å². The van der Waals surface area contributed by atoms with Crippen LogP contribution >= 0.6 is 15.9 Å². The Kier molecular flexibility index (Phi) is 3.28. The Morgan fingerprint density at radius 3 is 2.62 bits per heavy atom. The first-order chi connectivity index (χ1) is 7.59. The van der Waals surface area contributed by atoms with Crippen molar-refractivity contribution in [3.8, 4) is 0 Å². The molecule has 1 aromatic rings. The van der Waals surface area contributed by atoms with E-state index >= 15 is 0 Å². The van der Waals surface area contributed by atoms with Gasteiger partial charge in [0.25, 0.3) is 5.91 Å². The molecule has 0 spiro atoms. The van der Waals surface area contributed by atoms with Gasteiger partial charge in [0.2, 0.25) is 0 Å². The Labute approximate surface area is 104 Å². The first-order valence-electron chi connectivity index (χ1n) is 5.49. The molecule has 2 atom stereocenters. The van der Waals surface area contributed by atoms with Gasteiger partial charge < -0.3 is 4.90 Å². The number of halogens is 1. The van der Waals surface area contributed by atoms with Gasteiger partial charge in [-0.2, -0.15) is 0 Å². The lowest BCUT2D eigenvalue weighted by atomic mass is 10.0. The van der Waals surface area contributed by atoms with Gasteiger partial charge in [-0.15, -0.1) is 0 Å². The van der Waals surface area contributed by atoms with E-state index in [1.54, 1.807) is 6.20 Å². The summed E-state index contributed by atoms with van der Waals surface area (Å²) in [6.45, 7) is 6.04. The Morgan fingerprint density at radius 2 is 2.06 bits per heavy atom. The molecule has 3 nitrogen and oxygen atoms in total. The molecular formula is C12H15BrN2O. The molecule has 0 N–H and O–H groups in total. The Balaban J connectivity index is 2.18. The average Bonchev–Trinajstić information content (AvgIpc) is 2.59. The van der Waals surface area contributed by atoms with E-state index in [-0.39, 0.29) is 5.91 Å². The van der Waals surface area contributed by atoms with Gasteiger partial charge >= 0.3 is 0 Å². The van der Waals surface area contributed by atoms with Gasteiger partial charge in [-0.05, 0) is 39.9 Å². The molecule has 0 aromatic carbocycles. The summed E-state index contributed by atoms with van der Waals surface area (Å²) in [5, 5.41) is 0. The Hall–Kier alpha value is -0.900. The minimum absolute atomic E-state index is 0.0312. The number of likely N-dealkylation sites (tertiary alicyclic amines) is 1. The fourth-order valence-corrected chi connectivity index (χ4v) is 2.41. The number of amides is 1. The molecule has 1 amide bonds. The van der Waals surface area contributed by atoms with Crippen LogP contribution in [0, 0.1) is 11.8 Å². The summed E-state index contributed by atoms with van der Waals surface area (Å²) in [5.74, 6) is 1.18. The maximum Gasteiger partial charge on any atom is 0.273 e. The molecule has 1 aromatic heterocycles. The van der Waals surface area contributed by atoms with Crippen LogP contribution < -0.4 is 0 Å². The summed E-state index contributed by atoms with van der Waals surface area (Å²) in [5.41, 5.74) is 0.517. The van der Waals surface area contributed by atoms with Gasteiger partial charge in [0.1, 0.15) is 5.69 Å². The van der Waals surface area contributed by atoms with Crippen molar-refractivity contribution in [3.63, 3.8) is 0 Å². The zero-order chi connectivity index (χ0) is 11.7. The van der Waals surface area contributed by atoms with Crippen LogP contribution in [-0.4, -0.2) is 28.9 Å². The van der Waals surface area contributed by atoms with Crippen LogP contribution in [0.4, 0.5) is 0 Å². The molecule has 2 rings (SSSR count). The van der Waals surface area contributed by atoms with Crippen LogP contribution in [0.3, 0.4) is 0 Å². The molecule has 4 heteroatoms. The number of carbonyl (C=O) groups excluding carboxylic acids is 1. The fraction of sp³-hybridized carbons (Fsp3) is 0.500. The number of nitrogens with zero attached hydrogens (tertiary/aromatic N) is 2. The van der Waals surface area contributed by atoms with E-state index in [0.717, 1.165) is 17.6 Å². The van der Waals surface area contributed by atoms with Crippen LogP contribution in [0.5, 0.6) is 0 Å². The van der Waals surface area contributed by atoms with Crippen molar-refractivity contribution in [1.29, 1.82) is 0 Å². The van der Waals surface area contributed by atoms with Crippen molar-refractivity contribution >= 4 is 21.8 Å². The molecule has 0 aliphatic carbocycles. The highest BCUT2D eigenvalue weighted by Gasteiger charge is 2.31. The van der Waals surface area contributed by atoms with E-state index in [4.69, 9.17) is 0 Å². The molecule has 0 saturated carbocycles. The monoisotopic (exact) mass is 282 g/mol. The quantitative estimate of drug-likeness (QED) is 0.793. The lowest BCUT2D eigenvalue weighted by molar-refractivity contribution is 0.0778. The number of carbonyl (C=O) groups is 1. The molecular weight excluding hydrogens is 268 g/mol. The first-order valence-corrected chi connectivity index (χ1v) is 6.28. The van der Waals surface area contributed by atoms with Crippen molar-refractivity contribution in [3.05, 3.63) is 28.5 Å². The second kappa shape index (κ2) is 4.53. The maximum atomic E-state index is 12.2. The van der Waals surface area contributed by atoms with Crippen LogP contribution in [0.25, 0.3) is 0 Å². The Morgan fingerprint density at radius 1 is 1.44 bits per heavy atom. The van der Waals surface area contributed by atoms with E-state index < -0.39 is 0 Å². The number of rotatable bonds is 1. The van der Waals surface area contributed by atoms with Crippen LogP contribution in [-0.2, 0) is 0 Å². The average molecular weight is 283 g/mol. The molecule has 1 aliphatic heterocycles. The molecule has 0 bridgehead atoms. The molecule has 1 fully saturated rings. The van der Waals surface area contributed by atoms with Crippen molar-refractivity contribution in [2.24, 2.45) is 11.8 Å². The lowest BCUT2D eigenvalue weighted by Crippen LogP contribution is -2.29. The zero-order valence-corrected chi connectivity index (χ0v) is 11.1. The number of pyridine rings is 1. The molecule has 16 heavy (non-hydrogen) atoms. The summed E-state index contributed by atoms with van der Waals surface area (Å²) in [4.78, 5) is 18.2. The third kappa shape index (κ3) is 2.12. The van der Waals surface area contributed by atoms with Gasteiger partial charge in [-0.25, -0.2) is 4.98 Å². The number of hydrogen-bond donors (Lipinski definition) is 0. The van der Waals surface area contributed by atoms with Crippen LogP contribution in [0.1, 0.15) is 24.3 Å². The molecule has 1 saturated heterocycles. The van der Waals surface area contributed by atoms with Gasteiger partial charge in [-0.1, -0.05) is 13.8 Å². The number of hydrogen-bond acceptors (Lipinski definition) is 2. The van der Waals surface area contributed by atoms with E-state index in [9.17, 15) is 4.79 Å². The van der Waals surface area contributed by atoms with Gasteiger partial charge in [0, 0.05) is 23.8 Å². The minimum atomic E-state index is 0.0312. The summed E-state index contributed by atoms with van der Waals surface area (Å²) >= 11 is 3.36.